The van der Waals surface area contributed by atoms with Crippen molar-refractivity contribution in [2.45, 2.75) is 46.5 Å². The molecule has 0 amide bonds. The fraction of sp³-hybridized carbons (Fsp3) is 0.500. The average Bonchev–Trinajstić information content (AvgIpc) is 2.75. The van der Waals surface area contributed by atoms with Crippen LogP contribution in [-0.4, -0.2) is 15.5 Å². The first-order valence-corrected chi connectivity index (χ1v) is 7.17. The van der Waals surface area contributed by atoms with Crippen molar-refractivity contribution in [1.82, 2.24) is 9.55 Å². The molecule has 0 radical (unpaired) electrons. The minimum Gasteiger partial charge on any atom is -0.274 e. The molecule has 0 saturated carbocycles. The fourth-order valence-electron chi connectivity index (χ4n) is 2.56. The number of unbranched alkanes of at least 4 members (excludes halogenated alkanes) is 1. The number of carbonyl (C=O) groups is 1. The third-order valence-electron chi connectivity index (χ3n) is 3.70. The van der Waals surface area contributed by atoms with Gasteiger partial charge in [-0.1, -0.05) is 38.8 Å². The van der Waals surface area contributed by atoms with Crippen LogP contribution in [0.1, 0.15) is 50.1 Å². The number of aryl methyl sites for hydroxylation is 1. The van der Waals surface area contributed by atoms with E-state index in [9.17, 15) is 4.79 Å². The third-order valence-corrected chi connectivity index (χ3v) is 3.70. The first-order chi connectivity index (χ1) is 9.19. The van der Waals surface area contributed by atoms with E-state index in [4.69, 9.17) is 0 Å². The number of aromatic nitrogens is 2. The van der Waals surface area contributed by atoms with Gasteiger partial charge in [0.15, 0.2) is 0 Å². The van der Waals surface area contributed by atoms with Crippen LogP contribution in [-0.2, 0) is 0 Å². The minimum absolute atomic E-state index is 0.108. The molecule has 102 valence electrons. The zero-order valence-corrected chi connectivity index (χ0v) is 12.0. The molecule has 1 aromatic heterocycles. The fourth-order valence-corrected chi connectivity index (χ4v) is 2.56. The number of fused-ring (bicyclic) bond motifs is 1. The van der Waals surface area contributed by atoms with Gasteiger partial charge in [-0.25, -0.2) is 4.98 Å². The Bertz CT molecular complexity index is 571. The van der Waals surface area contributed by atoms with Crippen molar-refractivity contribution < 1.29 is 4.79 Å². The minimum atomic E-state index is 0.108. The summed E-state index contributed by atoms with van der Waals surface area (Å²) in [5.74, 6) is 1.10. The van der Waals surface area contributed by atoms with Gasteiger partial charge in [0.2, 0.25) is 5.91 Å². The van der Waals surface area contributed by atoms with E-state index in [1.54, 1.807) is 4.57 Å². The van der Waals surface area contributed by atoms with E-state index in [2.05, 4.69) is 18.8 Å². The topological polar surface area (TPSA) is 34.9 Å². The second kappa shape index (κ2) is 6.00. The summed E-state index contributed by atoms with van der Waals surface area (Å²) in [6.07, 6.45) is 4.10. The lowest BCUT2D eigenvalue weighted by Gasteiger charge is -2.15. The maximum atomic E-state index is 12.7. The second-order valence-electron chi connectivity index (χ2n) is 5.07. The highest BCUT2D eigenvalue weighted by Gasteiger charge is 2.21. The van der Waals surface area contributed by atoms with E-state index in [1.165, 1.54) is 0 Å². The third kappa shape index (κ3) is 2.70. The summed E-state index contributed by atoms with van der Waals surface area (Å²) in [5.41, 5.74) is 1.83. The molecule has 1 heterocycles. The Kier molecular flexibility index (Phi) is 4.35. The second-order valence-corrected chi connectivity index (χ2v) is 5.07. The summed E-state index contributed by atoms with van der Waals surface area (Å²) >= 11 is 0. The molecule has 2 rings (SSSR count). The van der Waals surface area contributed by atoms with Gasteiger partial charge in [-0.05, 0) is 31.9 Å². The van der Waals surface area contributed by atoms with E-state index in [0.717, 1.165) is 42.5 Å². The van der Waals surface area contributed by atoms with Crippen LogP contribution >= 0.6 is 0 Å². The molecule has 0 aliphatic carbocycles. The standard InChI is InChI=1S/C16H22N2O/c1-4-6-9-13(5-2)16(19)18-12(3)17-14-10-7-8-11-15(14)18/h7-8,10-11,13H,4-6,9H2,1-3H3/t13-/m1/s1. The lowest BCUT2D eigenvalue weighted by atomic mass is 9.98. The van der Waals surface area contributed by atoms with Crippen LogP contribution in [0.15, 0.2) is 24.3 Å². The van der Waals surface area contributed by atoms with E-state index >= 15 is 0 Å². The van der Waals surface area contributed by atoms with Crippen molar-refractivity contribution in [3.05, 3.63) is 30.1 Å². The average molecular weight is 258 g/mol. The van der Waals surface area contributed by atoms with Crippen molar-refractivity contribution >= 4 is 16.9 Å². The van der Waals surface area contributed by atoms with Crippen LogP contribution in [0.4, 0.5) is 0 Å². The molecule has 3 heteroatoms. The zero-order valence-electron chi connectivity index (χ0n) is 12.0. The molecule has 0 aliphatic rings. The van der Waals surface area contributed by atoms with Gasteiger partial charge in [-0.2, -0.15) is 0 Å². The number of hydrogen-bond acceptors (Lipinski definition) is 2. The highest BCUT2D eigenvalue weighted by molar-refractivity contribution is 5.92. The Labute approximate surface area is 114 Å². The molecule has 3 nitrogen and oxygen atoms in total. The monoisotopic (exact) mass is 258 g/mol. The predicted octanol–water partition coefficient (Wildman–Crippen LogP) is 4.20. The van der Waals surface area contributed by atoms with Crippen LogP contribution in [0.2, 0.25) is 0 Å². The van der Waals surface area contributed by atoms with Crippen LogP contribution in [0.5, 0.6) is 0 Å². The van der Waals surface area contributed by atoms with Gasteiger partial charge < -0.3 is 0 Å². The summed E-state index contributed by atoms with van der Waals surface area (Å²) in [6.45, 7) is 6.16. The maximum Gasteiger partial charge on any atom is 0.235 e. The molecule has 1 atom stereocenters. The smallest absolute Gasteiger partial charge is 0.235 e. The molecular formula is C16H22N2O. The van der Waals surface area contributed by atoms with E-state index in [0.29, 0.717) is 0 Å². The van der Waals surface area contributed by atoms with Crippen LogP contribution in [0, 0.1) is 12.8 Å². The molecule has 0 aliphatic heterocycles. The van der Waals surface area contributed by atoms with Gasteiger partial charge in [0, 0.05) is 5.92 Å². The number of nitrogens with zero attached hydrogens (tertiary/aromatic N) is 2. The highest BCUT2D eigenvalue weighted by atomic mass is 16.2. The molecule has 0 bridgehead atoms. The summed E-state index contributed by atoms with van der Waals surface area (Å²) in [5, 5.41) is 0. The van der Waals surface area contributed by atoms with Crippen molar-refractivity contribution in [2.24, 2.45) is 5.92 Å². The Morgan fingerprint density at radius 2 is 2.05 bits per heavy atom. The Hall–Kier alpha value is -1.64. The van der Waals surface area contributed by atoms with Gasteiger partial charge in [0.05, 0.1) is 11.0 Å². The van der Waals surface area contributed by atoms with Gasteiger partial charge in [0.25, 0.3) is 0 Å². The molecule has 2 aromatic rings. The van der Waals surface area contributed by atoms with Crippen LogP contribution in [0.3, 0.4) is 0 Å². The lowest BCUT2D eigenvalue weighted by molar-refractivity contribution is 0.0824. The molecule has 0 N–H and O–H groups in total. The number of benzene rings is 1. The van der Waals surface area contributed by atoms with Crippen LogP contribution < -0.4 is 0 Å². The molecule has 0 saturated heterocycles. The Morgan fingerprint density at radius 3 is 2.74 bits per heavy atom. The number of para-hydroxylation sites is 2. The summed E-state index contributed by atoms with van der Waals surface area (Å²) < 4.78 is 1.79. The van der Waals surface area contributed by atoms with Crippen LogP contribution in [0.25, 0.3) is 11.0 Å². The molecule has 0 spiro atoms. The predicted molar refractivity (Wildman–Crippen MR) is 78.4 cm³/mol. The van der Waals surface area contributed by atoms with Crippen molar-refractivity contribution in [2.75, 3.05) is 0 Å². The summed E-state index contributed by atoms with van der Waals surface area (Å²) in [4.78, 5) is 17.2. The number of imidazole rings is 1. The van der Waals surface area contributed by atoms with Gasteiger partial charge in [0.1, 0.15) is 5.82 Å². The molecule has 1 aromatic carbocycles. The Balaban J connectivity index is 2.37. The molecule has 0 fully saturated rings. The highest BCUT2D eigenvalue weighted by Crippen LogP contribution is 2.21. The number of hydrogen-bond donors (Lipinski definition) is 0. The van der Waals surface area contributed by atoms with Crippen molar-refractivity contribution in [1.29, 1.82) is 0 Å². The van der Waals surface area contributed by atoms with Crippen molar-refractivity contribution in [3.8, 4) is 0 Å². The van der Waals surface area contributed by atoms with Gasteiger partial charge >= 0.3 is 0 Å². The Morgan fingerprint density at radius 1 is 1.32 bits per heavy atom. The summed E-state index contributed by atoms with van der Waals surface area (Å²) in [7, 11) is 0. The number of carbonyl (C=O) groups excluding carboxylic acids is 1. The van der Waals surface area contributed by atoms with Gasteiger partial charge in [-0.15, -0.1) is 0 Å². The van der Waals surface area contributed by atoms with E-state index in [-0.39, 0.29) is 11.8 Å². The van der Waals surface area contributed by atoms with Crippen molar-refractivity contribution in [3.63, 3.8) is 0 Å². The largest absolute Gasteiger partial charge is 0.274 e. The van der Waals surface area contributed by atoms with E-state index < -0.39 is 0 Å². The first kappa shape index (κ1) is 13.8. The number of rotatable bonds is 5. The maximum absolute atomic E-state index is 12.7. The quantitative estimate of drug-likeness (QED) is 0.805. The normalized spacial score (nSPS) is 12.8. The van der Waals surface area contributed by atoms with Gasteiger partial charge in [-0.3, -0.25) is 9.36 Å². The zero-order chi connectivity index (χ0) is 13.8. The SMILES string of the molecule is CCCC[C@@H](CC)C(=O)n1c(C)nc2ccccc21. The molecular weight excluding hydrogens is 236 g/mol. The lowest BCUT2D eigenvalue weighted by Crippen LogP contribution is -2.22. The molecule has 19 heavy (non-hydrogen) atoms. The van der Waals surface area contributed by atoms with E-state index in [1.807, 2.05) is 31.2 Å². The summed E-state index contributed by atoms with van der Waals surface area (Å²) in [6, 6.07) is 7.84. The first-order valence-electron chi connectivity index (χ1n) is 7.17. The molecule has 0 unspecified atom stereocenters.